The Hall–Kier alpha value is -4.01. The third-order valence-electron chi connectivity index (χ3n) is 4.54. The predicted molar refractivity (Wildman–Crippen MR) is 117 cm³/mol. The van der Waals surface area contributed by atoms with E-state index in [-0.39, 0.29) is 17.1 Å². The molecular formula is C24H16ClN3O2. The highest BCUT2D eigenvalue weighted by Gasteiger charge is 2.15. The Morgan fingerprint density at radius 3 is 2.30 bits per heavy atom. The molecule has 3 N–H and O–H groups in total. The number of nitrogen functional groups attached to an aromatic ring is 1. The minimum absolute atomic E-state index is 0.0522. The summed E-state index contributed by atoms with van der Waals surface area (Å²) in [6.07, 6.45) is 0. The molecule has 0 radical (unpaired) electrons. The Balaban J connectivity index is 1.76. The van der Waals surface area contributed by atoms with Crippen LogP contribution in [0.5, 0.6) is 17.2 Å². The molecule has 0 saturated heterocycles. The molecule has 0 saturated carbocycles. The van der Waals surface area contributed by atoms with Crippen LogP contribution >= 0.6 is 11.6 Å². The zero-order valence-electron chi connectivity index (χ0n) is 15.7. The molecule has 0 aliphatic heterocycles. The molecule has 1 heterocycles. The summed E-state index contributed by atoms with van der Waals surface area (Å²) < 4.78 is 5.72. The molecule has 0 unspecified atom stereocenters. The van der Waals surface area contributed by atoms with Crippen molar-refractivity contribution >= 4 is 17.4 Å². The Kier molecular flexibility index (Phi) is 5.25. The SMILES string of the molecule is N#Cc1c(-c2ccc(Oc3ccccc3)c(O)c2)cc(-c2ccc(Cl)cc2)nc1N. The summed E-state index contributed by atoms with van der Waals surface area (Å²) in [7, 11) is 0. The molecule has 3 aromatic carbocycles. The highest BCUT2D eigenvalue weighted by Crippen LogP contribution is 2.37. The number of nitrogens with two attached hydrogens (primary N) is 1. The summed E-state index contributed by atoms with van der Waals surface area (Å²) in [6.45, 7) is 0. The number of para-hydroxylation sites is 1. The molecule has 0 amide bonds. The Labute approximate surface area is 178 Å². The highest BCUT2D eigenvalue weighted by atomic mass is 35.5. The van der Waals surface area contributed by atoms with Crippen molar-refractivity contribution in [3.05, 3.63) is 89.4 Å². The third-order valence-corrected chi connectivity index (χ3v) is 4.79. The van der Waals surface area contributed by atoms with Gasteiger partial charge in [0.05, 0.1) is 5.69 Å². The van der Waals surface area contributed by atoms with Crippen molar-refractivity contribution in [3.63, 3.8) is 0 Å². The standard InChI is InChI=1S/C24H16ClN3O2/c25-17-9-6-15(7-10-17)21-13-19(20(14-26)24(27)28-21)16-8-11-23(22(29)12-16)30-18-4-2-1-3-5-18/h1-13,29H,(H2,27,28). The number of aromatic nitrogens is 1. The van der Waals surface area contributed by atoms with Crippen molar-refractivity contribution in [1.29, 1.82) is 5.26 Å². The molecule has 5 nitrogen and oxygen atoms in total. The monoisotopic (exact) mass is 413 g/mol. The zero-order chi connectivity index (χ0) is 21.1. The van der Waals surface area contributed by atoms with Crippen molar-refractivity contribution in [3.8, 4) is 45.7 Å². The van der Waals surface area contributed by atoms with E-state index in [1.165, 1.54) is 0 Å². The average molecular weight is 414 g/mol. The van der Waals surface area contributed by atoms with Gasteiger partial charge < -0.3 is 15.6 Å². The van der Waals surface area contributed by atoms with Gasteiger partial charge in [0.1, 0.15) is 23.2 Å². The number of aromatic hydroxyl groups is 1. The number of phenols is 1. The van der Waals surface area contributed by atoms with Crippen molar-refractivity contribution in [2.75, 3.05) is 5.73 Å². The molecule has 0 atom stereocenters. The molecule has 0 bridgehead atoms. The summed E-state index contributed by atoms with van der Waals surface area (Å²) in [5, 5.41) is 20.7. The first-order valence-electron chi connectivity index (χ1n) is 9.08. The summed E-state index contributed by atoms with van der Waals surface area (Å²) in [5.74, 6) is 0.979. The predicted octanol–water partition coefficient (Wildman–Crippen LogP) is 6.02. The van der Waals surface area contributed by atoms with Crippen LogP contribution in [0.25, 0.3) is 22.4 Å². The molecule has 0 aliphatic rings. The van der Waals surface area contributed by atoms with Crippen molar-refractivity contribution in [1.82, 2.24) is 4.98 Å². The van der Waals surface area contributed by atoms with Gasteiger partial charge in [0.15, 0.2) is 11.5 Å². The van der Waals surface area contributed by atoms with Gasteiger partial charge in [0.25, 0.3) is 0 Å². The van der Waals surface area contributed by atoms with Crippen molar-refractivity contribution in [2.24, 2.45) is 0 Å². The second kappa shape index (κ2) is 8.16. The molecule has 146 valence electrons. The number of hydrogen-bond acceptors (Lipinski definition) is 5. The van der Waals surface area contributed by atoms with E-state index < -0.39 is 0 Å². The molecule has 4 rings (SSSR count). The number of rotatable bonds is 4. The smallest absolute Gasteiger partial charge is 0.169 e. The molecule has 0 aliphatic carbocycles. The maximum atomic E-state index is 10.5. The molecule has 0 spiro atoms. The summed E-state index contributed by atoms with van der Waals surface area (Å²) in [4.78, 5) is 4.35. The maximum absolute atomic E-state index is 10.5. The van der Waals surface area contributed by atoms with Crippen LogP contribution in [0.15, 0.2) is 78.9 Å². The van der Waals surface area contributed by atoms with E-state index in [4.69, 9.17) is 22.1 Å². The first-order chi connectivity index (χ1) is 14.5. The molecular weight excluding hydrogens is 398 g/mol. The number of nitriles is 1. The largest absolute Gasteiger partial charge is 0.504 e. The lowest BCUT2D eigenvalue weighted by Gasteiger charge is -2.12. The van der Waals surface area contributed by atoms with Crippen LogP contribution in [0.3, 0.4) is 0 Å². The summed E-state index contributed by atoms with van der Waals surface area (Å²) >= 11 is 5.97. The molecule has 30 heavy (non-hydrogen) atoms. The van der Waals surface area contributed by atoms with E-state index in [0.29, 0.717) is 33.3 Å². The maximum Gasteiger partial charge on any atom is 0.169 e. The van der Waals surface area contributed by atoms with E-state index in [1.807, 2.05) is 30.3 Å². The van der Waals surface area contributed by atoms with Gasteiger partial charge in [0.2, 0.25) is 0 Å². The van der Waals surface area contributed by atoms with Gasteiger partial charge >= 0.3 is 0 Å². The average Bonchev–Trinajstić information content (AvgIpc) is 2.76. The van der Waals surface area contributed by atoms with Gasteiger partial charge in [0, 0.05) is 16.1 Å². The van der Waals surface area contributed by atoms with Gasteiger partial charge in [-0.2, -0.15) is 5.26 Å². The number of ether oxygens (including phenoxy) is 1. The van der Waals surface area contributed by atoms with Gasteiger partial charge in [-0.15, -0.1) is 0 Å². The molecule has 0 fully saturated rings. The van der Waals surface area contributed by atoms with Crippen LogP contribution in [0, 0.1) is 11.3 Å². The molecule has 6 heteroatoms. The number of anilines is 1. The third kappa shape index (κ3) is 3.90. The van der Waals surface area contributed by atoms with Crippen molar-refractivity contribution in [2.45, 2.75) is 0 Å². The Morgan fingerprint density at radius 1 is 0.933 bits per heavy atom. The Bertz CT molecular complexity index is 1250. The summed E-state index contributed by atoms with van der Waals surface area (Å²) in [6, 6.07) is 25.2. The first kappa shape index (κ1) is 19.3. The number of hydrogen-bond donors (Lipinski definition) is 2. The van der Waals surface area contributed by atoms with Crippen molar-refractivity contribution < 1.29 is 9.84 Å². The molecule has 1 aromatic heterocycles. The number of benzene rings is 3. The van der Waals surface area contributed by atoms with Crippen LogP contribution in [0.4, 0.5) is 5.82 Å². The lowest BCUT2D eigenvalue weighted by Crippen LogP contribution is -2.00. The van der Waals surface area contributed by atoms with Crippen LogP contribution in [-0.2, 0) is 0 Å². The minimum Gasteiger partial charge on any atom is -0.504 e. The lowest BCUT2D eigenvalue weighted by atomic mass is 9.98. The van der Waals surface area contributed by atoms with Crippen LogP contribution in [-0.4, -0.2) is 10.1 Å². The second-order valence-electron chi connectivity index (χ2n) is 6.53. The second-order valence-corrected chi connectivity index (χ2v) is 6.97. The van der Waals surface area contributed by atoms with E-state index in [9.17, 15) is 10.4 Å². The van der Waals surface area contributed by atoms with E-state index in [2.05, 4.69) is 11.1 Å². The summed E-state index contributed by atoms with van der Waals surface area (Å²) in [5.41, 5.74) is 8.90. The highest BCUT2D eigenvalue weighted by molar-refractivity contribution is 6.30. The minimum atomic E-state index is -0.0522. The van der Waals surface area contributed by atoms with Gasteiger partial charge in [-0.1, -0.05) is 48.0 Å². The number of halogens is 1. The van der Waals surface area contributed by atoms with E-state index >= 15 is 0 Å². The van der Waals surface area contributed by atoms with Crippen LogP contribution in [0.1, 0.15) is 5.56 Å². The molecule has 4 aromatic rings. The normalized spacial score (nSPS) is 10.4. The van der Waals surface area contributed by atoms with E-state index in [0.717, 1.165) is 5.56 Å². The number of nitrogens with zero attached hydrogens (tertiary/aromatic N) is 2. The fraction of sp³-hybridized carbons (Fsp3) is 0. The fourth-order valence-corrected chi connectivity index (χ4v) is 3.19. The Morgan fingerprint density at radius 2 is 1.63 bits per heavy atom. The van der Waals surface area contributed by atoms with Crippen LogP contribution < -0.4 is 10.5 Å². The van der Waals surface area contributed by atoms with Gasteiger partial charge in [-0.05, 0) is 48.0 Å². The zero-order valence-corrected chi connectivity index (χ0v) is 16.5. The first-order valence-corrected chi connectivity index (χ1v) is 9.46. The van der Waals surface area contributed by atoms with E-state index in [1.54, 1.807) is 48.5 Å². The van der Waals surface area contributed by atoms with Crippen LogP contribution in [0.2, 0.25) is 5.02 Å². The number of phenolic OH excluding ortho intramolecular Hbond substituents is 1. The lowest BCUT2D eigenvalue weighted by molar-refractivity contribution is 0.411. The number of pyridine rings is 1. The fourth-order valence-electron chi connectivity index (χ4n) is 3.07. The quantitative estimate of drug-likeness (QED) is 0.426. The van der Waals surface area contributed by atoms with Gasteiger partial charge in [-0.3, -0.25) is 0 Å². The topological polar surface area (TPSA) is 92.2 Å². The van der Waals surface area contributed by atoms with Gasteiger partial charge in [-0.25, -0.2) is 4.98 Å².